The number of nitrogens with one attached hydrogen (secondary N) is 1. The molecule has 0 aliphatic rings. The number of urea groups is 1. The summed E-state index contributed by atoms with van der Waals surface area (Å²) >= 11 is 12.5. The zero-order valence-electron chi connectivity index (χ0n) is 21.8. The van der Waals surface area contributed by atoms with Crippen molar-refractivity contribution in [2.24, 2.45) is 0 Å². The number of carbonyl (C=O) groups excluding carboxylic acids is 1. The van der Waals surface area contributed by atoms with Crippen molar-refractivity contribution in [3.8, 4) is 0 Å². The number of hydrogen-bond donors (Lipinski definition) is 1. The Morgan fingerprint density at radius 3 is 2.14 bits per heavy atom. The maximum absolute atomic E-state index is 13.7. The first-order valence-corrected chi connectivity index (χ1v) is 13.3. The van der Waals surface area contributed by atoms with Gasteiger partial charge in [0, 0.05) is 28.8 Å². The minimum Gasteiger partial charge on any atom is -0.320 e. The van der Waals surface area contributed by atoms with Crippen molar-refractivity contribution in [2.75, 3.05) is 18.4 Å². The van der Waals surface area contributed by atoms with Crippen LogP contribution >= 0.6 is 23.2 Å². The van der Waals surface area contributed by atoms with E-state index in [9.17, 15) is 4.79 Å². The number of amides is 2. The van der Waals surface area contributed by atoms with Gasteiger partial charge in [-0.25, -0.2) is 4.79 Å². The highest BCUT2D eigenvalue weighted by molar-refractivity contribution is 6.35. The molecule has 0 heterocycles. The van der Waals surface area contributed by atoms with Crippen molar-refractivity contribution in [1.82, 2.24) is 4.90 Å². The molecular weight excluding hydrogens is 487 g/mol. The minimum absolute atomic E-state index is 0.115. The summed E-state index contributed by atoms with van der Waals surface area (Å²) in [4.78, 5) is 15.6. The first kappa shape index (κ1) is 27.8. The quantitative estimate of drug-likeness (QED) is 0.298. The Morgan fingerprint density at radius 1 is 0.917 bits per heavy atom. The molecule has 190 valence electrons. The summed E-state index contributed by atoms with van der Waals surface area (Å²) in [5.74, 6) is 0.583. The van der Waals surface area contributed by atoms with E-state index in [-0.39, 0.29) is 6.03 Å². The fraction of sp³-hybridized carbons (Fsp3) is 0.323. The van der Waals surface area contributed by atoms with Crippen LogP contribution in [0, 0.1) is 0 Å². The van der Waals surface area contributed by atoms with Crippen LogP contribution < -0.4 is 5.32 Å². The highest BCUT2D eigenvalue weighted by Gasteiger charge is 2.20. The van der Waals surface area contributed by atoms with Crippen LogP contribution in [0.25, 0.3) is 6.08 Å². The van der Waals surface area contributed by atoms with Gasteiger partial charge in [0.05, 0.1) is 0 Å². The Labute approximate surface area is 226 Å². The lowest BCUT2D eigenvalue weighted by atomic mass is 9.93. The van der Waals surface area contributed by atoms with E-state index in [1.54, 1.807) is 6.07 Å². The summed E-state index contributed by atoms with van der Waals surface area (Å²) in [5, 5.41) is 4.50. The van der Waals surface area contributed by atoms with Crippen LogP contribution in [0.5, 0.6) is 0 Å². The molecule has 0 radical (unpaired) electrons. The Kier molecular flexibility index (Phi) is 10.0. The molecule has 0 aliphatic heterocycles. The van der Waals surface area contributed by atoms with Gasteiger partial charge in [0.25, 0.3) is 0 Å². The van der Waals surface area contributed by atoms with Gasteiger partial charge in [-0.05, 0) is 59.6 Å². The Bertz CT molecular complexity index is 1180. The second-order valence-electron chi connectivity index (χ2n) is 9.86. The molecule has 3 rings (SSSR count). The number of benzene rings is 3. The third kappa shape index (κ3) is 7.62. The van der Waals surface area contributed by atoms with Crippen LogP contribution in [0.3, 0.4) is 0 Å². The number of halogens is 2. The first-order chi connectivity index (χ1) is 17.2. The molecule has 0 spiro atoms. The summed E-state index contributed by atoms with van der Waals surface area (Å²) in [7, 11) is 0. The third-order valence-corrected chi connectivity index (χ3v) is 6.80. The molecule has 3 aromatic rings. The van der Waals surface area contributed by atoms with Gasteiger partial charge < -0.3 is 10.2 Å². The molecule has 2 amide bonds. The van der Waals surface area contributed by atoms with Gasteiger partial charge in [-0.3, -0.25) is 0 Å². The largest absolute Gasteiger partial charge is 0.322 e. The fourth-order valence-electron chi connectivity index (χ4n) is 4.29. The molecule has 3 aromatic carbocycles. The van der Waals surface area contributed by atoms with Gasteiger partial charge >= 0.3 is 6.03 Å². The van der Waals surface area contributed by atoms with Crippen molar-refractivity contribution < 1.29 is 4.79 Å². The van der Waals surface area contributed by atoms with E-state index in [4.69, 9.17) is 23.2 Å². The summed E-state index contributed by atoms with van der Waals surface area (Å²) in [5.41, 5.74) is 6.39. The molecule has 1 N–H and O–H groups in total. The van der Waals surface area contributed by atoms with Crippen LogP contribution in [0.1, 0.15) is 68.7 Å². The van der Waals surface area contributed by atoms with Crippen LogP contribution in [-0.4, -0.2) is 24.0 Å². The molecule has 36 heavy (non-hydrogen) atoms. The van der Waals surface area contributed by atoms with Gasteiger partial charge in [-0.15, -0.1) is 0 Å². The first-order valence-electron chi connectivity index (χ1n) is 12.5. The topological polar surface area (TPSA) is 32.3 Å². The highest BCUT2D eigenvalue weighted by atomic mass is 35.5. The zero-order valence-corrected chi connectivity index (χ0v) is 23.3. The van der Waals surface area contributed by atoms with E-state index >= 15 is 0 Å². The van der Waals surface area contributed by atoms with Crippen LogP contribution in [0.4, 0.5) is 10.5 Å². The van der Waals surface area contributed by atoms with E-state index < -0.39 is 0 Å². The molecule has 0 aliphatic carbocycles. The third-order valence-electron chi connectivity index (χ3n) is 6.21. The summed E-state index contributed by atoms with van der Waals surface area (Å²) in [6.07, 6.45) is 2.75. The van der Waals surface area contributed by atoms with Gasteiger partial charge in [0.1, 0.15) is 0 Å². The molecule has 0 fully saturated rings. The number of hydrogen-bond acceptors (Lipinski definition) is 1. The SMILES string of the molecule is C/C(=C\c1ccccc1)CN(CCc1ccc(Cl)cc1Cl)C(=O)Nc1c(C(C)C)cccc1C(C)C. The van der Waals surface area contributed by atoms with Crippen molar-refractivity contribution in [2.45, 2.75) is 52.9 Å². The molecule has 0 atom stereocenters. The maximum Gasteiger partial charge on any atom is 0.322 e. The van der Waals surface area contributed by atoms with Gasteiger partial charge in [-0.2, -0.15) is 0 Å². The van der Waals surface area contributed by atoms with Crippen LogP contribution in [0.15, 0.2) is 72.3 Å². The maximum atomic E-state index is 13.7. The van der Waals surface area contributed by atoms with E-state index in [0.717, 1.165) is 33.5 Å². The lowest BCUT2D eigenvalue weighted by molar-refractivity contribution is 0.216. The summed E-state index contributed by atoms with van der Waals surface area (Å²) in [6.45, 7) is 11.7. The predicted octanol–water partition coefficient (Wildman–Crippen LogP) is 9.42. The van der Waals surface area contributed by atoms with E-state index in [1.165, 1.54) is 0 Å². The van der Waals surface area contributed by atoms with Crippen LogP contribution in [0.2, 0.25) is 10.0 Å². The highest BCUT2D eigenvalue weighted by Crippen LogP contribution is 2.32. The second-order valence-corrected chi connectivity index (χ2v) is 10.7. The van der Waals surface area contributed by atoms with Crippen molar-refractivity contribution in [1.29, 1.82) is 0 Å². The van der Waals surface area contributed by atoms with Crippen molar-refractivity contribution >= 4 is 41.0 Å². The molecule has 0 saturated heterocycles. The Morgan fingerprint density at radius 2 is 1.56 bits per heavy atom. The molecule has 5 heteroatoms. The number of rotatable bonds is 9. The number of nitrogens with zero attached hydrogens (tertiary/aromatic N) is 1. The van der Waals surface area contributed by atoms with E-state index in [2.05, 4.69) is 76.3 Å². The van der Waals surface area contributed by atoms with Gasteiger partial charge in [0.2, 0.25) is 0 Å². The molecule has 3 nitrogen and oxygen atoms in total. The molecule has 0 aromatic heterocycles. The number of carbonyl (C=O) groups is 1. The van der Waals surface area contributed by atoms with E-state index in [0.29, 0.717) is 41.4 Å². The molecule has 0 unspecified atom stereocenters. The molecule has 0 bridgehead atoms. The lowest BCUT2D eigenvalue weighted by Crippen LogP contribution is -2.38. The Hall–Kier alpha value is -2.75. The second kappa shape index (κ2) is 13.0. The Balaban J connectivity index is 1.89. The smallest absolute Gasteiger partial charge is 0.320 e. The summed E-state index contributed by atoms with van der Waals surface area (Å²) < 4.78 is 0. The van der Waals surface area contributed by atoms with E-state index in [1.807, 2.05) is 35.2 Å². The average Bonchev–Trinajstić information content (AvgIpc) is 2.83. The zero-order chi connectivity index (χ0) is 26.2. The van der Waals surface area contributed by atoms with Gasteiger partial charge in [-0.1, -0.05) is 117 Å². The average molecular weight is 524 g/mol. The summed E-state index contributed by atoms with van der Waals surface area (Å²) in [6, 6.07) is 21.8. The normalized spacial score (nSPS) is 11.8. The van der Waals surface area contributed by atoms with Crippen LogP contribution in [-0.2, 0) is 6.42 Å². The lowest BCUT2D eigenvalue weighted by Gasteiger charge is -2.27. The predicted molar refractivity (Wildman–Crippen MR) is 155 cm³/mol. The van der Waals surface area contributed by atoms with Gasteiger partial charge in [0.15, 0.2) is 0 Å². The number of para-hydroxylation sites is 1. The monoisotopic (exact) mass is 522 g/mol. The fourth-order valence-corrected chi connectivity index (χ4v) is 4.80. The van der Waals surface area contributed by atoms with Crippen molar-refractivity contribution in [3.63, 3.8) is 0 Å². The minimum atomic E-state index is -0.115. The molecular formula is C31H36Cl2N2O. The number of anilines is 1. The standard InChI is InChI=1S/C31H36Cl2N2O/c1-21(2)27-12-9-13-28(22(3)4)30(27)34-31(36)35(17-16-25-14-15-26(32)19-29(25)33)20-23(5)18-24-10-7-6-8-11-24/h6-15,18-19,21-22H,16-17,20H2,1-5H3,(H,34,36)/b23-18+. The molecule has 0 saturated carbocycles. The van der Waals surface area contributed by atoms with Crippen molar-refractivity contribution in [3.05, 3.63) is 105 Å².